The van der Waals surface area contributed by atoms with E-state index in [4.69, 9.17) is 19.2 Å². The van der Waals surface area contributed by atoms with Crippen molar-refractivity contribution in [2.45, 2.75) is 0 Å². The Bertz CT molecular complexity index is 71.7. The van der Waals surface area contributed by atoms with Crippen molar-refractivity contribution >= 4 is 20.2 Å². The molecule has 0 heterocycles. The van der Waals surface area contributed by atoms with E-state index in [0.717, 1.165) is 0 Å². The maximum absolute atomic E-state index is 8.88. The molecule has 0 radical (unpaired) electrons. The van der Waals surface area contributed by atoms with E-state index in [0.29, 0.717) is 0 Å². The van der Waals surface area contributed by atoms with Crippen molar-refractivity contribution in [3.8, 4) is 0 Å². The second-order valence-electron chi connectivity index (χ2n) is 0.513. The van der Waals surface area contributed by atoms with E-state index in [9.17, 15) is 0 Å². The quantitative estimate of drug-likeness (QED) is 0.272. The zero-order valence-electron chi connectivity index (χ0n) is 8.61. The van der Waals surface area contributed by atoms with Crippen LogP contribution in [-0.4, -0.2) is 14.7 Å². The van der Waals surface area contributed by atoms with E-state index >= 15 is 0 Å². The summed E-state index contributed by atoms with van der Waals surface area (Å²) in [7, 11) is -4.64. The van der Waals surface area contributed by atoms with Crippen LogP contribution in [-0.2, 0) is 4.57 Å². The first-order valence-corrected chi connectivity index (χ1v) is 2.35. The summed E-state index contributed by atoms with van der Waals surface area (Å²) in [6, 6.07) is 0. The van der Waals surface area contributed by atoms with Crippen LogP contribution in [0.3, 0.4) is 0 Å². The molecule has 4 nitrogen and oxygen atoms in total. The van der Waals surface area contributed by atoms with Gasteiger partial charge < -0.3 is 19.0 Å². The summed E-state index contributed by atoms with van der Waals surface area (Å²) in [5.41, 5.74) is 0. The molecule has 0 aliphatic carbocycles. The molecule has 3 N–H and O–H groups in total. The number of rotatable bonds is 0. The van der Waals surface area contributed by atoms with Gasteiger partial charge in [0.2, 0.25) is 0 Å². The van der Waals surface area contributed by atoms with Gasteiger partial charge in [-0.25, -0.2) is 4.57 Å². The largest absolute Gasteiger partial charge is 1.00 e. The fourth-order valence-electron chi connectivity index (χ4n) is 0. The van der Waals surface area contributed by atoms with E-state index in [1.807, 2.05) is 0 Å². The molecule has 0 saturated heterocycles. The summed E-state index contributed by atoms with van der Waals surface area (Å²) in [4.78, 5) is 21.6. The van der Waals surface area contributed by atoms with Crippen LogP contribution in [0, 0.1) is 0 Å². The Morgan fingerprint density at radius 3 is 1.00 bits per heavy atom. The zero-order chi connectivity index (χ0) is 4.50. The van der Waals surface area contributed by atoms with Crippen LogP contribution in [0.1, 0.15) is 4.28 Å². The maximum Gasteiger partial charge on any atom is 1.00 e. The molecule has 0 amide bonds. The van der Waals surface area contributed by atoms with Gasteiger partial charge in [0, 0.05) is 0 Å². The average Bonchev–Trinajstić information content (AvgIpc) is 0.722. The summed E-state index contributed by atoms with van der Waals surface area (Å²) in [6.45, 7) is 0. The molecule has 9 heavy (non-hydrogen) atoms. The van der Waals surface area contributed by atoms with Crippen LogP contribution in [0.2, 0.25) is 0 Å². The van der Waals surface area contributed by atoms with Crippen molar-refractivity contribution in [3.05, 3.63) is 0 Å². The van der Waals surface area contributed by atoms with Crippen LogP contribution >= 0.6 is 20.2 Å². The number of halogens is 1. The predicted octanol–water partition coefficient (Wildman–Crippen LogP) is -9.16. The summed E-state index contributed by atoms with van der Waals surface area (Å²) >= 11 is 0. The third-order valence-electron chi connectivity index (χ3n) is 0. The van der Waals surface area contributed by atoms with Crippen molar-refractivity contribution in [2.75, 3.05) is 0 Å². The second kappa shape index (κ2) is 14.0. The third kappa shape index (κ3) is 87.1. The monoisotopic (exact) mass is 206 g/mol. The minimum atomic E-state index is -4.64. The molecule has 0 rings (SSSR count). The minimum absolute atomic E-state index is 0. The van der Waals surface area contributed by atoms with Crippen LogP contribution in [0.15, 0.2) is 0 Å². The van der Waals surface area contributed by atoms with Crippen LogP contribution in [0.4, 0.5) is 0 Å². The van der Waals surface area contributed by atoms with Gasteiger partial charge in [0.15, 0.2) is 0 Å². The van der Waals surface area contributed by atoms with Gasteiger partial charge in [-0.05, 0) is 0 Å². The Morgan fingerprint density at radius 1 is 1.00 bits per heavy atom. The van der Waals surface area contributed by atoms with Crippen molar-refractivity contribution in [2.24, 2.45) is 0 Å². The van der Waals surface area contributed by atoms with Crippen molar-refractivity contribution in [1.82, 2.24) is 0 Å². The maximum atomic E-state index is 8.88. The number of phosphoric acid groups is 1. The van der Waals surface area contributed by atoms with Gasteiger partial charge in [0.05, 0.1) is 0 Å². The zero-order valence-corrected chi connectivity index (χ0v) is 13.3. The van der Waals surface area contributed by atoms with Crippen LogP contribution in [0.25, 0.3) is 0 Å². The van der Waals surface area contributed by atoms with Crippen molar-refractivity contribution < 1.29 is 112 Å². The Balaban J connectivity index is -0.00000000381. The van der Waals surface area contributed by atoms with Crippen molar-refractivity contribution in [1.29, 1.82) is 0 Å². The van der Waals surface area contributed by atoms with E-state index in [1.54, 1.807) is 0 Å². The Labute approximate surface area is 130 Å². The molecule has 0 aliphatic rings. The average molecular weight is 206 g/mol. The molecule has 0 aromatic carbocycles. The van der Waals surface area contributed by atoms with Crippen LogP contribution < -0.4 is 88.7 Å². The fourth-order valence-corrected chi connectivity index (χ4v) is 0. The fraction of sp³-hybridized carbons (Fsp3) is 0. The molecule has 0 aromatic heterocycles. The molecule has 46 valence electrons. The number of hydrogen-bond acceptors (Lipinski definition) is 1. The predicted molar refractivity (Wildman–Crippen MR) is 24.8 cm³/mol. The van der Waals surface area contributed by atoms with E-state index in [-0.39, 0.29) is 105 Å². The van der Waals surface area contributed by atoms with E-state index in [1.165, 1.54) is 0 Å². The summed E-state index contributed by atoms with van der Waals surface area (Å²) < 4.78 is 8.88. The molecule has 0 saturated carbocycles. The normalized spacial score (nSPS) is 6.56. The standard InChI is InChI=1S/ClH.3Na.H3O4P.3H/c;;;;1-5(2,3)4;;;/h1H;;;;(H3,1,2,3,4);;;/q;3*+1;;3*-1. The van der Waals surface area contributed by atoms with Gasteiger partial charge in [-0.2, -0.15) is 0 Å². The Hall–Kier alpha value is 3.40. The van der Waals surface area contributed by atoms with Crippen LogP contribution in [0.5, 0.6) is 0 Å². The van der Waals surface area contributed by atoms with Gasteiger partial charge >= 0.3 is 96.5 Å². The van der Waals surface area contributed by atoms with Gasteiger partial charge in [-0.1, -0.05) is 0 Å². The first-order chi connectivity index (χ1) is 2.00. The molecule has 0 aromatic rings. The smallest absolute Gasteiger partial charge is 1.00 e. The second-order valence-corrected chi connectivity index (χ2v) is 1.54. The molecule has 0 spiro atoms. The van der Waals surface area contributed by atoms with Gasteiger partial charge in [-0.3, -0.25) is 0 Å². The number of hydrogen-bond donors (Lipinski definition) is 3. The van der Waals surface area contributed by atoms with Gasteiger partial charge in [0.1, 0.15) is 0 Å². The van der Waals surface area contributed by atoms with E-state index in [2.05, 4.69) is 0 Å². The molecular weight excluding hydrogens is 199 g/mol. The SMILES string of the molecule is Cl.O=P(O)(O)O.[H-].[H-].[H-].[Na+].[Na+].[Na+]. The molecule has 0 atom stereocenters. The Kier molecular flexibility index (Phi) is 45.6. The molecule has 0 unspecified atom stereocenters. The summed E-state index contributed by atoms with van der Waals surface area (Å²) in [5, 5.41) is 0. The van der Waals surface area contributed by atoms with E-state index < -0.39 is 7.82 Å². The first-order valence-electron chi connectivity index (χ1n) is 0.783. The topological polar surface area (TPSA) is 77.8 Å². The Morgan fingerprint density at radius 2 is 1.00 bits per heavy atom. The molecule has 0 fully saturated rings. The first kappa shape index (κ1) is 29.4. The summed E-state index contributed by atoms with van der Waals surface area (Å²) in [6.07, 6.45) is 0. The molecular formula is H7ClNa3O4P. The van der Waals surface area contributed by atoms with Gasteiger partial charge in [-0.15, -0.1) is 12.4 Å². The molecule has 9 heteroatoms. The third-order valence-corrected chi connectivity index (χ3v) is 0. The molecule has 0 aliphatic heterocycles. The molecule has 0 bridgehead atoms. The van der Waals surface area contributed by atoms with Gasteiger partial charge in [0.25, 0.3) is 0 Å². The summed E-state index contributed by atoms with van der Waals surface area (Å²) in [5.74, 6) is 0. The minimum Gasteiger partial charge on any atom is -1.00 e. The van der Waals surface area contributed by atoms with Crippen molar-refractivity contribution in [3.63, 3.8) is 0 Å².